The monoisotopic (exact) mass is 442 g/mol. The Balaban J connectivity index is 0. The van der Waals surface area contributed by atoms with E-state index in [4.69, 9.17) is 0 Å². The Morgan fingerprint density at radius 1 is 0.621 bits per heavy atom. The quantitative estimate of drug-likeness (QED) is 0.167. The maximum Gasteiger partial charge on any atom is 1.00 e. The molecule has 0 aromatic heterocycles. The number of aliphatic hydroxyl groups excluding tert-OH is 1. The van der Waals surface area contributed by atoms with Crippen LogP contribution in [0, 0.1) is 0 Å². The van der Waals surface area contributed by atoms with E-state index >= 15 is 0 Å². The van der Waals surface area contributed by atoms with Gasteiger partial charge in [-0.1, -0.05) is 110 Å². The van der Waals surface area contributed by atoms with Crippen molar-refractivity contribution in [3.8, 4) is 0 Å². The van der Waals surface area contributed by atoms with Crippen molar-refractivity contribution in [3.05, 3.63) is 0 Å². The summed E-state index contributed by atoms with van der Waals surface area (Å²) in [7, 11) is -4.13. The molecular weight excluding hydrogens is 395 g/mol. The second kappa shape index (κ2) is 22.1. The maximum atomic E-state index is 11.4. The summed E-state index contributed by atoms with van der Waals surface area (Å²) in [5.74, 6) is 0. The fraction of sp³-hybridized carbons (Fsp3) is 1.00. The van der Waals surface area contributed by atoms with E-state index in [9.17, 15) is 18.1 Å². The molecule has 2 unspecified atom stereocenters. The molecule has 2 atom stereocenters. The third-order valence-corrected chi connectivity index (χ3v) is 7.01. The van der Waals surface area contributed by atoms with Crippen LogP contribution in [0.25, 0.3) is 0 Å². The molecule has 0 saturated carbocycles. The molecule has 0 saturated heterocycles. The molecule has 0 aliphatic rings. The molecular formula is C23H47NaO4S. The molecule has 0 heterocycles. The summed E-state index contributed by atoms with van der Waals surface area (Å²) >= 11 is 0. The summed E-state index contributed by atoms with van der Waals surface area (Å²) in [5, 5.41) is 9.02. The van der Waals surface area contributed by atoms with E-state index in [1.165, 1.54) is 44.9 Å². The normalized spacial score (nSPS) is 13.8. The minimum atomic E-state index is -4.13. The zero-order chi connectivity index (χ0) is 21.1. The molecule has 0 aliphatic carbocycles. The van der Waals surface area contributed by atoms with Gasteiger partial charge in [0.2, 0.25) is 0 Å². The van der Waals surface area contributed by atoms with Crippen LogP contribution in [0.2, 0.25) is 0 Å². The topological polar surface area (TPSA) is 77.4 Å². The summed E-state index contributed by atoms with van der Waals surface area (Å²) in [6, 6.07) is 0. The molecule has 0 aromatic rings. The fourth-order valence-corrected chi connectivity index (χ4v) is 4.79. The van der Waals surface area contributed by atoms with Gasteiger partial charge in [-0.15, -0.1) is 0 Å². The molecule has 170 valence electrons. The van der Waals surface area contributed by atoms with Gasteiger partial charge in [-0.3, -0.25) is 0 Å². The zero-order valence-electron chi connectivity index (χ0n) is 19.7. The molecule has 1 N–H and O–H groups in total. The number of rotatable bonds is 21. The molecule has 0 aromatic carbocycles. The van der Waals surface area contributed by atoms with Crippen molar-refractivity contribution in [1.82, 2.24) is 0 Å². The van der Waals surface area contributed by atoms with E-state index < -0.39 is 15.4 Å². The molecule has 0 radical (unpaired) electrons. The van der Waals surface area contributed by atoms with E-state index in [1.54, 1.807) is 0 Å². The Labute approximate surface area is 204 Å². The van der Waals surface area contributed by atoms with Crippen molar-refractivity contribution in [3.63, 3.8) is 0 Å². The third-order valence-electron chi connectivity index (χ3n) is 5.72. The second-order valence-electron chi connectivity index (χ2n) is 8.52. The van der Waals surface area contributed by atoms with Crippen molar-refractivity contribution in [2.45, 2.75) is 147 Å². The van der Waals surface area contributed by atoms with Crippen LogP contribution < -0.4 is 29.6 Å². The van der Waals surface area contributed by atoms with Gasteiger partial charge in [0, 0.05) is 5.25 Å². The molecule has 29 heavy (non-hydrogen) atoms. The Kier molecular flexibility index (Phi) is 24.4. The first-order valence-electron chi connectivity index (χ1n) is 12.0. The van der Waals surface area contributed by atoms with E-state index in [0.29, 0.717) is 12.8 Å². The first kappa shape index (κ1) is 32.1. The standard InChI is InChI=1S/C23H48O4S.Na/c1-3-5-15-20-23(28(25,26)27)21-17-14-12-10-8-6-7-9-11-13-16-19-22(24)18-4-2;/h22-24H,3-21H2,1-2H3,(H,25,26,27);/q;+1/p-1. The summed E-state index contributed by atoms with van der Waals surface area (Å²) in [5.41, 5.74) is 0. The SMILES string of the molecule is CCCCCC(CCCCCCCCCCCCCC(O)CCC)S(=O)(=O)[O-].[Na+]. The van der Waals surface area contributed by atoms with Crippen LogP contribution in [0.1, 0.15) is 136 Å². The van der Waals surface area contributed by atoms with Crippen molar-refractivity contribution in [2.24, 2.45) is 0 Å². The molecule has 0 spiro atoms. The van der Waals surface area contributed by atoms with Crippen LogP contribution in [0.5, 0.6) is 0 Å². The van der Waals surface area contributed by atoms with Gasteiger partial charge in [0.25, 0.3) is 0 Å². The fourth-order valence-electron chi connectivity index (χ4n) is 3.88. The molecule has 4 nitrogen and oxygen atoms in total. The van der Waals surface area contributed by atoms with Crippen molar-refractivity contribution in [1.29, 1.82) is 0 Å². The maximum absolute atomic E-state index is 11.4. The van der Waals surface area contributed by atoms with E-state index in [-0.39, 0.29) is 35.7 Å². The average molecular weight is 443 g/mol. The van der Waals surface area contributed by atoms with Crippen molar-refractivity contribution in [2.75, 3.05) is 0 Å². The van der Waals surface area contributed by atoms with Gasteiger partial charge in [0.1, 0.15) is 0 Å². The predicted octanol–water partition coefficient (Wildman–Crippen LogP) is 3.72. The van der Waals surface area contributed by atoms with Gasteiger partial charge in [0.15, 0.2) is 0 Å². The number of hydrogen-bond donors (Lipinski definition) is 1. The summed E-state index contributed by atoms with van der Waals surface area (Å²) in [6.07, 6.45) is 19.9. The molecule has 6 heteroatoms. The minimum Gasteiger partial charge on any atom is -0.748 e. The number of unbranched alkanes of at least 4 members (excludes halogenated alkanes) is 12. The van der Waals surface area contributed by atoms with Crippen LogP contribution in [0.4, 0.5) is 0 Å². The molecule has 0 amide bonds. The van der Waals surface area contributed by atoms with Crippen LogP contribution in [-0.2, 0) is 10.1 Å². The summed E-state index contributed by atoms with van der Waals surface area (Å²) in [4.78, 5) is 0. The zero-order valence-corrected chi connectivity index (χ0v) is 22.5. The minimum absolute atomic E-state index is 0. The van der Waals surface area contributed by atoms with Gasteiger partial charge in [-0.2, -0.15) is 0 Å². The van der Waals surface area contributed by atoms with E-state index in [0.717, 1.165) is 64.2 Å². The number of hydrogen-bond acceptors (Lipinski definition) is 4. The van der Waals surface area contributed by atoms with Crippen LogP contribution in [0.3, 0.4) is 0 Å². The van der Waals surface area contributed by atoms with Gasteiger partial charge in [0.05, 0.1) is 16.2 Å². The van der Waals surface area contributed by atoms with Gasteiger partial charge < -0.3 is 9.66 Å². The first-order valence-corrected chi connectivity index (χ1v) is 13.5. The molecule has 0 fully saturated rings. The Morgan fingerprint density at radius 2 is 1.00 bits per heavy atom. The summed E-state index contributed by atoms with van der Waals surface area (Å²) in [6.45, 7) is 4.20. The van der Waals surface area contributed by atoms with Crippen LogP contribution in [0.15, 0.2) is 0 Å². The Bertz CT molecular complexity index is 429. The number of aliphatic hydroxyl groups is 1. The van der Waals surface area contributed by atoms with Crippen molar-refractivity contribution < 1.29 is 47.6 Å². The third kappa shape index (κ3) is 21.9. The predicted molar refractivity (Wildman–Crippen MR) is 119 cm³/mol. The Hall–Kier alpha value is 0.870. The van der Waals surface area contributed by atoms with E-state index in [1.807, 2.05) is 0 Å². The van der Waals surface area contributed by atoms with Crippen molar-refractivity contribution >= 4 is 10.1 Å². The van der Waals surface area contributed by atoms with Gasteiger partial charge in [-0.05, 0) is 25.7 Å². The van der Waals surface area contributed by atoms with Gasteiger partial charge in [-0.25, -0.2) is 8.42 Å². The molecule has 0 rings (SSSR count). The molecule has 0 aliphatic heterocycles. The summed E-state index contributed by atoms with van der Waals surface area (Å²) < 4.78 is 34.1. The Morgan fingerprint density at radius 3 is 1.38 bits per heavy atom. The smallest absolute Gasteiger partial charge is 0.748 e. The first-order chi connectivity index (χ1) is 13.4. The molecule has 0 bridgehead atoms. The van der Waals surface area contributed by atoms with Gasteiger partial charge >= 0.3 is 29.6 Å². The van der Waals surface area contributed by atoms with E-state index in [2.05, 4.69) is 13.8 Å². The average Bonchev–Trinajstić information content (AvgIpc) is 2.63. The van der Waals surface area contributed by atoms with Crippen LogP contribution in [-0.4, -0.2) is 29.4 Å². The van der Waals surface area contributed by atoms with Crippen LogP contribution >= 0.6 is 0 Å². The second-order valence-corrected chi connectivity index (χ2v) is 10.2. The largest absolute Gasteiger partial charge is 1.00 e.